The fraction of sp³-hybridized carbons (Fsp3) is 0.286. The number of benzene rings is 2. The van der Waals surface area contributed by atoms with E-state index in [9.17, 15) is 9.18 Å². The Balaban J connectivity index is 1.41. The fourth-order valence-corrected chi connectivity index (χ4v) is 3.03. The molecule has 1 aliphatic rings. The molecule has 0 radical (unpaired) electrons. The van der Waals surface area contributed by atoms with Crippen molar-refractivity contribution in [3.05, 3.63) is 77.6 Å². The minimum Gasteiger partial charge on any atom is -0.349 e. The molecule has 25 heavy (non-hydrogen) atoms. The largest absolute Gasteiger partial charge is 0.349 e. The van der Waals surface area contributed by atoms with Crippen molar-refractivity contribution in [2.45, 2.75) is 18.9 Å². The summed E-state index contributed by atoms with van der Waals surface area (Å²) in [7, 11) is 0. The van der Waals surface area contributed by atoms with Gasteiger partial charge in [-0.05, 0) is 42.7 Å². The highest BCUT2D eigenvalue weighted by molar-refractivity contribution is 5.94. The van der Waals surface area contributed by atoms with E-state index in [0.29, 0.717) is 5.56 Å². The van der Waals surface area contributed by atoms with Gasteiger partial charge in [-0.1, -0.05) is 42.5 Å². The molecule has 0 atom stereocenters. The number of carbonyl (C=O) groups excluding carboxylic acids is 1. The summed E-state index contributed by atoms with van der Waals surface area (Å²) in [6.07, 6.45) is 6.05. The van der Waals surface area contributed by atoms with Crippen LogP contribution in [0.2, 0.25) is 0 Å². The average Bonchev–Trinajstić information content (AvgIpc) is 2.65. The number of rotatable bonds is 5. The zero-order valence-electron chi connectivity index (χ0n) is 14.2. The molecule has 1 fully saturated rings. The highest BCUT2D eigenvalue weighted by atomic mass is 19.1. The Labute approximate surface area is 148 Å². The van der Waals surface area contributed by atoms with Crippen LogP contribution in [0.5, 0.6) is 0 Å². The van der Waals surface area contributed by atoms with Crippen molar-refractivity contribution in [1.29, 1.82) is 0 Å². The molecule has 0 aliphatic carbocycles. The molecule has 3 rings (SSSR count). The predicted octanol–water partition coefficient (Wildman–Crippen LogP) is 3.73. The van der Waals surface area contributed by atoms with Gasteiger partial charge in [-0.15, -0.1) is 0 Å². The molecule has 1 saturated heterocycles. The summed E-state index contributed by atoms with van der Waals surface area (Å²) in [5.74, 6) is -0.202. The summed E-state index contributed by atoms with van der Waals surface area (Å²) in [5, 5.41) is 3.12. The SMILES string of the molecule is O=C(NC1CCN(C/C=C/c2ccc(F)cc2)CC1)c1ccccc1. The van der Waals surface area contributed by atoms with Crippen LogP contribution in [0.3, 0.4) is 0 Å². The van der Waals surface area contributed by atoms with Crippen LogP contribution in [0, 0.1) is 5.82 Å². The maximum atomic E-state index is 12.9. The fourth-order valence-electron chi connectivity index (χ4n) is 3.03. The van der Waals surface area contributed by atoms with Gasteiger partial charge in [-0.25, -0.2) is 4.39 Å². The number of hydrogen-bond donors (Lipinski definition) is 1. The highest BCUT2D eigenvalue weighted by Crippen LogP contribution is 2.12. The van der Waals surface area contributed by atoms with Gasteiger partial charge in [-0.2, -0.15) is 0 Å². The second-order valence-corrected chi connectivity index (χ2v) is 6.37. The van der Waals surface area contributed by atoms with Crippen molar-refractivity contribution >= 4 is 12.0 Å². The van der Waals surface area contributed by atoms with Crippen molar-refractivity contribution in [1.82, 2.24) is 10.2 Å². The number of likely N-dealkylation sites (tertiary alicyclic amines) is 1. The van der Waals surface area contributed by atoms with Crippen LogP contribution in [0.25, 0.3) is 6.08 Å². The van der Waals surface area contributed by atoms with Gasteiger partial charge in [0, 0.05) is 31.2 Å². The molecule has 1 aliphatic heterocycles. The van der Waals surface area contributed by atoms with E-state index in [0.717, 1.165) is 38.0 Å². The van der Waals surface area contributed by atoms with Gasteiger partial charge < -0.3 is 5.32 Å². The molecular weight excluding hydrogens is 315 g/mol. The van der Waals surface area contributed by atoms with Crippen molar-refractivity contribution < 1.29 is 9.18 Å². The molecule has 0 saturated carbocycles. The summed E-state index contributed by atoms with van der Waals surface area (Å²) in [4.78, 5) is 14.6. The summed E-state index contributed by atoms with van der Waals surface area (Å²) in [6.45, 7) is 2.80. The molecular formula is C21H23FN2O. The number of hydrogen-bond acceptors (Lipinski definition) is 2. The maximum absolute atomic E-state index is 12.9. The van der Waals surface area contributed by atoms with Crippen LogP contribution in [0.1, 0.15) is 28.8 Å². The Kier molecular flexibility index (Phi) is 5.96. The quantitative estimate of drug-likeness (QED) is 0.901. The highest BCUT2D eigenvalue weighted by Gasteiger charge is 2.20. The Bertz CT molecular complexity index is 704. The molecule has 4 heteroatoms. The topological polar surface area (TPSA) is 32.3 Å². The normalized spacial score (nSPS) is 16.2. The van der Waals surface area contributed by atoms with Crippen molar-refractivity contribution in [3.63, 3.8) is 0 Å². The van der Waals surface area contributed by atoms with Gasteiger partial charge in [0.2, 0.25) is 0 Å². The molecule has 1 N–H and O–H groups in total. The summed E-state index contributed by atoms with van der Waals surface area (Å²) < 4.78 is 12.9. The first kappa shape index (κ1) is 17.4. The van der Waals surface area contributed by atoms with Gasteiger partial charge in [0.15, 0.2) is 0 Å². The molecule has 3 nitrogen and oxygen atoms in total. The lowest BCUT2D eigenvalue weighted by molar-refractivity contribution is 0.0914. The van der Waals surface area contributed by atoms with Gasteiger partial charge in [0.05, 0.1) is 0 Å². The summed E-state index contributed by atoms with van der Waals surface area (Å²) >= 11 is 0. The van der Waals surface area contributed by atoms with Gasteiger partial charge in [0.1, 0.15) is 5.82 Å². The first-order valence-corrected chi connectivity index (χ1v) is 8.71. The van der Waals surface area contributed by atoms with E-state index in [-0.39, 0.29) is 17.8 Å². The van der Waals surface area contributed by atoms with Gasteiger partial charge >= 0.3 is 0 Å². The monoisotopic (exact) mass is 338 g/mol. The van der Waals surface area contributed by atoms with E-state index in [2.05, 4.69) is 16.3 Å². The molecule has 0 bridgehead atoms. The van der Waals surface area contributed by atoms with Crippen LogP contribution in [-0.4, -0.2) is 36.5 Å². The van der Waals surface area contributed by atoms with Crippen molar-refractivity contribution in [3.8, 4) is 0 Å². The van der Waals surface area contributed by atoms with Gasteiger partial charge in [0.25, 0.3) is 5.91 Å². The number of amides is 1. The minimum atomic E-state index is -0.211. The van der Waals surface area contributed by atoms with E-state index in [1.807, 2.05) is 36.4 Å². The summed E-state index contributed by atoms with van der Waals surface area (Å²) in [5.41, 5.74) is 1.72. The molecule has 130 valence electrons. The van der Waals surface area contributed by atoms with E-state index >= 15 is 0 Å². The van der Waals surface area contributed by atoms with Crippen LogP contribution >= 0.6 is 0 Å². The van der Waals surface area contributed by atoms with E-state index in [1.165, 1.54) is 12.1 Å². The van der Waals surface area contributed by atoms with Crippen molar-refractivity contribution in [2.24, 2.45) is 0 Å². The molecule has 0 spiro atoms. The number of nitrogens with zero attached hydrogens (tertiary/aromatic N) is 1. The number of carbonyl (C=O) groups is 1. The molecule has 0 aromatic heterocycles. The second kappa shape index (κ2) is 8.58. The third-order valence-electron chi connectivity index (χ3n) is 4.50. The molecule has 2 aromatic carbocycles. The van der Waals surface area contributed by atoms with Crippen LogP contribution < -0.4 is 5.32 Å². The Morgan fingerprint density at radius 2 is 1.76 bits per heavy atom. The van der Waals surface area contributed by atoms with E-state index < -0.39 is 0 Å². The second-order valence-electron chi connectivity index (χ2n) is 6.37. The first-order valence-electron chi connectivity index (χ1n) is 8.71. The Morgan fingerprint density at radius 1 is 1.08 bits per heavy atom. The molecule has 1 amide bonds. The minimum absolute atomic E-state index is 0.00950. The lowest BCUT2D eigenvalue weighted by Crippen LogP contribution is -2.44. The zero-order chi connectivity index (χ0) is 17.5. The third kappa shape index (κ3) is 5.26. The lowest BCUT2D eigenvalue weighted by Gasteiger charge is -2.31. The van der Waals surface area contributed by atoms with Gasteiger partial charge in [-0.3, -0.25) is 9.69 Å². The lowest BCUT2D eigenvalue weighted by atomic mass is 10.0. The zero-order valence-corrected chi connectivity index (χ0v) is 14.2. The van der Waals surface area contributed by atoms with Crippen LogP contribution in [0.15, 0.2) is 60.7 Å². The average molecular weight is 338 g/mol. The van der Waals surface area contributed by atoms with Crippen LogP contribution in [-0.2, 0) is 0 Å². The smallest absolute Gasteiger partial charge is 0.251 e. The first-order chi connectivity index (χ1) is 12.2. The number of halogens is 1. The van der Waals surface area contributed by atoms with Crippen LogP contribution in [0.4, 0.5) is 4.39 Å². The van der Waals surface area contributed by atoms with Crippen molar-refractivity contribution in [2.75, 3.05) is 19.6 Å². The number of piperidine rings is 1. The number of nitrogens with one attached hydrogen (secondary N) is 1. The predicted molar refractivity (Wildman–Crippen MR) is 98.8 cm³/mol. The molecule has 2 aromatic rings. The summed E-state index contributed by atoms with van der Waals surface area (Å²) in [6, 6.07) is 16.1. The molecule has 1 heterocycles. The maximum Gasteiger partial charge on any atom is 0.251 e. The standard InChI is InChI=1S/C21H23FN2O/c22-19-10-8-17(9-11-19)5-4-14-24-15-12-20(13-16-24)23-21(25)18-6-2-1-3-7-18/h1-11,20H,12-16H2,(H,23,25)/b5-4+. The molecule has 0 unspecified atom stereocenters. The Hall–Kier alpha value is -2.46. The Morgan fingerprint density at radius 3 is 2.44 bits per heavy atom. The van der Waals surface area contributed by atoms with E-state index in [1.54, 1.807) is 12.1 Å². The third-order valence-corrected chi connectivity index (χ3v) is 4.50. The van der Waals surface area contributed by atoms with E-state index in [4.69, 9.17) is 0 Å².